The van der Waals surface area contributed by atoms with Gasteiger partial charge in [0.1, 0.15) is 0 Å². The van der Waals surface area contributed by atoms with Crippen molar-refractivity contribution in [1.29, 1.82) is 0 Å². The summed E-state index contributed by atoms with van der Waals surface area (Å²) in [6.07, 6.45) is 21.1. The van der Waals surface area contributed by atoms with Crippen LogP contribution in [-0.4, -0.2) is 28.0 Å². The molecule has 0 rings (SSSR count). The molecule has 0 saturated carbocycles. The van der Waals surface area contributed by atoms with Crippen molar-refractivity contribution in [3.05, 3.63) is 12.2 Å². The minimum Gasteiger partial charge on any atom is -0.481 e. The Bertz CT molecular complexity index is 379. The molecule has 0 spiro atoms. The van der Waals surface area contributed by atoms with Crippen LogP contribution in [0.2, 0.25) is 0 Å². The zero-order valence-electron chi connectivity index (χ0n) is 17.3. The first-order valence-electron chi connectivity index (χ1n) is 10.8. The minimum atomic E-state index is -0.745. The number of amides is 1. The molecule has 0 aliphatic carbocycles. The normalized spacial score (nSPS) is 12.5. The average Bonchev–Trinajstić information content (AvgIpc) is 2.61. The van der Waals surface area contributed by atoms with E-state index in [1.807, 2.05) is 0 Å². The molecule has 0 aromatic carbocycles. The number of carboxylic acid groups (broad SMARTS) is 1. The van der Waals surface area contributed by atoms with Gasteiger partial charge in [-0.3, -0.25) is 9.59 Å². The number of carbonyl (C=O) groups is 2. The number of nitrogens with two attached hydrogens (primary N) is 1. The Kier molecular flexibility index (Phi) is 19.1. The molecule has 0 radical (unpaired) electrons. The first kappa shape index (κ1) is 26.0. The van der Waals surface area contributed by atoms with Crippen LogP contribution in [0.4, 0.5) is 0 Å². The van der Waals surface area contributed by atoms with E-state index in [1.54, 1.807) is 11.8 Å². The third-order valence-electron chi connectivity index (χ3n) is 4.63. The summed E-state index contributed by atoms with van der Waals surface area (Å²) in [5.74, 6) is -0.318. The zero-order chi connectivity index (χ0) is 20.2. The Hall–Kier alpha value is -0.970. The van der Waals surface area contributed by atoms with Gasteiger partial charge in [-0.05, 0) is 25.7 Å². The lowest BCUT2D eigenvalue weighted by molar-refractivity contribution is -0.137. The minimum absolute atomic E-state index is 0.208. The Morgan fingerprint density at radius 1 is 0.926 bits per heavy atom. The van der Waals surface area contributed by atoms with Crippen LogP contribution < -0.4 is 5.73 Å². The van der Waals surface area contributed by atoms with Gasteiger partial charge < -0.3 is 10.8 Å². The van der Waals surface area contributed by atoms with Crippen LogP contribution in [0.25, 0.3) is 0 Å². The number of unbranched alkanes of at least 4 members (excludes halogenated alkanes) is 10. The predicted octanol–water partition coefficient (Wildman–Crippen LogP) is 6.09. The SMILES string of the molecule is CCCCCCCCCCCCC=CC(CCCC(=O)O)SCCC(N)=O. The Morgan fingerprint density at radius 2 is 1.52 bits per heavy atom. The highest BCUT2D eigenvalue weighted by molar-refractivity contribution is 8.00. The maximum Gasteiger partial charge on any atom is 0.303 e. The number of rotatable bonds is 20. The molecule has 0 aromatic rings. The van der Waals surface area contributed by atoms with Gasteiger partial charge in [0.05, 0.1) is 0 Å². The molecule has 0 aromatic heterocycles. The lowest BCUT2D eigenvalue weighted by Gasteiger charge is -2.11. The standard InChI is InChI=1S/C22H41NO3S/c1-2-3-4-5-6-7-8-9-10-11-12-13-15-20(16-14-17-22(25)26)27-19-18-21(23)24/h13,15,20H,2-12,14,16-19H2,1H3,(H2,23,24)(H,25,26). The molecule has 0 bridgehead atoms. The van der Waals surface area contributed by atoms with Crippen LogP contribution in [0.5, 0.6) is 0 Å². The molecule has 1 unspecified atom stereocenters. The van der Waals surface area contributed by atoms with Gasteiger partial charge in [0, 0.05) is 23.8 Å². The van der Waals surface area contributed by atoms with E-state index >= 15 is 0 Å². The smallest absolute Gasteiger partial charge is 0.303 e. The fourth-order valence-electron chi connectivity index (χ4n) is 3.00. The van der Waals surface area contributed by atoms with Crippen molar-refractivity contribution in [2.24, 2.45) is 5.73 Å². The number of hydrogen-bond acceptors (Lipinski definition) is 3. The summed E-state index contributed by atoms with van der Waals surface area (Å²) in [5, 5.41) is 9.06. The van der Waals surface area contributed by atoms with Crippen molar-refractivity contribution in [3.63, 3.8) is 0 Å². The number of carbonyl (C=O) groups excluding carboxylic acids is 1. The number of carboxylic acids is 1. The maximum atomic E-state index is 10.9. The summed E-state index contributed by atoms with van der Waals surface area (Å²) in [6, 6.07) is 0. The Labute approximate surface area is 170 Å². The highest BCUT2D eigenvalue weighted by atomic mass is 32.2. The van der Waals surface area contributed by atoms with Gasteiger partial charge in [0.15, 0.2) is 0 Å². The second kappa shape index (κ2) is 19.8. The number of aliphatic carboxylic acids is 1. The van der Waals surface area contributed by atoms with E-state index in [1.165, 1.54) is 64.2 Å². The summed E-state index contributed by atoms with van der Waals surface area (Å²) in [5.41, 5.74) is 5.19. The molecule has 0 aliphatic heterocycles. The molecule has 0 saturated heterocycles. The van der Waals surface area contributed by atoms with Crippen molar-refractivity contribution in [1.82, 2.24) is 0 Å². The molecule has 1 amide bonds. The topological polar surface area (TPSA) is 80.4 Å². The fourth-order valence-corrected chi connectivity index (χ4v) is 4.18. The summed E-state index contributed by atoms with van der Waals surface area (Å²) >= 11 is 1.70. The number of allylic oxidation sites excluding steroid dienone is 1. The van der Waals surface area contributed by atoms with E-state index in [0.29, 0.717) is 18.6 Å². The first-order chi connectivity index (χ1) is 13.1. The molecule has 0 heterocycles. The van der Waals surface area contributed by atoms with Crippen molar-refractivity contribution in [3.8, 4) is 0 Å². The summed E-state index contributed by atoms with van der Waals surface area (Å²) in [4.78, 5) is 21.5. The van der Waals surface area contributed by atoms with E-state index in [9.17, 15) is 9.59 Å². The van der Waals surface area contributed by atoms with Crippen LogP contribution in [0.1, 0.15) is 103 Å². The number of primary amides is 1. The van der Waals surface area contributed by atoms with E-state index in [0.717, 1.165) is 12.8 Å². The molecular weight excluding hydrogens is 358 g/mol. The van der Waals surface area contributed by atoms with Crippen molar-refractivity contribution < 1.29 is 14.7 Å². The fraction of sp³-hybridized carbons (Fsp3) is 0.818. The summed E-state index contributed by atoms with van der Waals surface area (Å²) < 4.78 is 0. The average molecular weight is 400 g/mol. The molecule has 0 aliphatic rings. The molecule has 5 heteroatoms. The third-order valence-corrected chi connectivity index (χ3v) is 5.90. The van der Waals surface area contributed by atoms with Crippen LogP contribution >= 0.6 is 11.8 Å². The van der Waals surface area contributed by atoms with Gasteiger partial charge in [-0.15, -0.1) is 0 Å². The molecule has 0 fully saturated rings. The summed E-state index contributed by atoms with van der Waals surface area (Å²) in [6.45, 7) is 2.26. The Balaban J connectivity index is 3.77. The van der Waals surface area contributed by atoms with Crippen LogP contribution in [0.15, 0.2) is 12.2 Å². The van der Waals surface area contributed by atoms with Gasteiger partial charge in [0.25, 0.3) is 0 Å². The van der Waals surface area contributed by atoms with Gasteiger partial charge in [-0.25, -0.2) is 0 Å². The molecular formula is C22H41NO3S. The van der Waals surface area contributed by atoms with Crippen molar-refractivity contribution in [2.75, 3.05) is 5.75 Å². The van der Waals surface area contributed by atoms with E-state index in [2.05, 4.69) is 19.1 Å². The molecule has 4 nitrogen and oxygen atoms in total. The second-order valence-corrected chi connectivity index (χ2v) is 8.66. The lowest BCUT2D eigenvalue weighted by atomic mass is 10.1. The van der Waals surface area contributed by atoms with Gasteiger partial charge in [-0.1, -0.05) is 76.9 Å². The lowest BCUT2D eigenvalue weighted by Crippen LogP contribution is -2.12. The summed E-state index contributed by atoms with van der Waals surface area (Å²) in [7, 11) is 0. The highest BCUT2D eigenvalue weighted by Crippen LogP contribution is 2.20. The highest BCUT2D eigenvalue weighted by Gasteiger charge is 2.08. The van der Waals surface area contributed by atoms with Crippen LogP contribution in [0, 0.1) is 0 Å². The van der Waals surface area contributed by atoms with Crippen molar-refractivity contribution >= 4 is 23.6 Å². The molecule has 27 heavy (non-hydrogen) atoms. The maximum absolute atomic E-state index is 10.9. The largest absolute Gasteiger partial charge is 0.481 e. The Morgan fingerprint density at radius 3 is 2.07 bits per heavy atom. The third kappa shape index (κ3) is 21.2. The predicted molar refractivity (Wildman–Crippen MR) is 117 cm³/mol. The molecule has 158 valence electrons. The molecule has 3 N–H and O–H groups in total. The van der Waals surface area contributed by atoms with Crippen LogP contribution in [0.3, 0.4) is 0 Å². The van der Waals surface area contributed by atoms with Crippen molar-refractivity contribution in [2.45, 2.75) is 108 Å². The zero-order valence-corrected chi connectivity index (χ0v) is 18.1. The number of thioether (sulfide) groups is 1. The van der Waals surface area contributed by atoms with E-state index in [4.69, 9.17) is 10.8 Å². The van der Waals surface area contributed by atoms with Gasteiger partial charge in [-0.2, -0.15) is 11.8 Å². The quantitative estimate of drug-likeness (QED) is 0.192. The molecule has 1 atom stereocenters. The monoisotopic (exact) mass is 399 g/mol. The van der Waals surface area contributed by atoms with Crippen LogP contribution in [-0.2, 0) is 9.59 Å². The first-order valence-corrected chi connectivity index (χ1v) is 11.9. The second-order valence-electron chi connectivity index (χ2n) is 7.31. The van der Waals surface area contributed by atoms with Gasteiger partial charge >= 0.3 is 5.97 Å². The van der Waals surface area contributed by atoms with E-state index < -0.39 is 5.97 Å². The van der Waals surface area contributed by atoms with Gasteiger partial charge in [0.2, 0.25) is 5.91 Å². The van der Waals surface area contributed by atoms with E-state index in [-0.39, 0.29) is 17.6 Å². The number of hydrogen-bond donors (Lipinski definition) is 2.